The molecule has 0 radical (unpaired) electrons. The third-order valence-corrected chi connectivity index (χ3v) is 4.79. The molecule has 1 amide bonds. The Hall–Kier alpha value is -2.44. The topological polar surface area (TPSA) is 63.1 Å². The molecule has 1 N–H and O–H groups in total. The van der Waals surface area contributed by atoms with Crippen LogP contribution in [0.2, 0.25) is 5.02 Å². The van der Waals surface area contributed by atoms with Gasteiger partial charge in [-0.25, -0.2) is 9.67 Å². The average molecular weight is 386 g/mol. The van der Waals surface area contributed by atoms with E-state index in [4.69, 9.17) is 11.6 Å². The van der Waals surface area contributed by atoms with Gasteiger partial charge in [0.15, 0.2) is 5.65 Å². The number of pyridine rings is 1. The number of nitrogens with one attached hydrogen (secondary N) is 1. The van der Waals surface area contributed by atoms with Gasteiger partial charge >= 0.3 is 0 Å². The number of hydrogen-bond acceptors (Lipinski definition) is 4. The van der Waals surface area contributed by atoms with Crippen molar-refractivity contribution >= 4 is 28.5 Å². The molecule has 0 fully saturated rings. The Balaban J connectivity index is 1.90. The van der Waals surface area contributed by atoms with Crippen molar-refractivity contribution in [3.05, 3.63) is 52.3 Å². The molecule has 0 spiro atoms. The summed E-state index contributed by atoms with van der Waals surface area (Å²) in [7, 11) is 4.01. The van der Waals surface area contributed by atoms with Crippen molar-refractivity contribution < 1.29 is 4.79 Å². The number of benzene rings is 1. The van der Waals surface area contributed by atoms with Crippen LogP contribution < -0.4 is 5.32 Å². The van der Waals surface area contributed by atoms with Crippen LogP contribution in [-0.2, 0) is 0 Å². The van der Waals surface area contributed by atoms with E-state index in [1.807, 2.05) is 52.2 Å². The van der Waals surface area contributed by atoms with E-state index < -0.39 is 0 Å². The van der Waals surface area contributed by atoms with Gasteiger partial charge in [0.1, 0.15) is 0 Å². The first kappa shape index (κ1) is 19.3. The molecule has 0 aliphatic carbocycles. The fourth-order valence-electron chi connectivity index (χ4n) is 2.93. The summed E-state index contributed by atoms with van der Waals surface area (Å²) in [4.78, 5) is 19.1. The van der Waals surface area contributed by atoms with Crippen LogP contribution in [0.4, 0.5) is 0 Å². The number of rotatable bonds is 6. The van der Waals surface area contributed by atoms with Crippen LogP contribution in [0.25, 0.3) is 16.7 Å². The summed E-state index contributed by atoms with van der Waals surface area (Å²) >= 11 is 6.57. The molecular formula is C20H24ClN5O. The maximum Gasteiger partial charge on any atom is 0.254 e. The summed E-state index contributed by atoms with van der Waals surface area (Å²) in [6.45, 7) is 5.41. The van der Waals surface area contributed by atoms with Crippen molar-refractivity contribution in [1.29, 1.82) is 0 Å². The van der Waals surface area contributed by atoms with E-state index in [-0.39, 0.29) is 5.91 Å². The van der Waals surface area contributed by atoms with Crippen LogP contribution in [0.3, 0.4) is 0 Å². The van der Waals surface area contributed by atoms with Gasteiger partial charge < -0.3 is 10.2 Å². The molecule has 7 heteroatoms. The molecule has 2 aromatic heterocycles. The van der Waals surface area contributed by atoms with Gasteiger partial charge in [0, 0.05) is 12.7 Å². The lowest BCUT2D eigenvalue weighted by molar-refractivity contribution is 0.0952. The molecule has 0 saturated carbocycles. The zero-order valence-electron chi connectivity index (χ0n) is 16.1. The van der Waals surface area contributed by atoms with E-state index >= 15 is 0 Å². The molecule has 6 nitrogen and oxygen atoms in total. The number of hydrogen-bond donors (Lipinski definition) is 1. The highest BCUT2D eigenvalue weighted by Crippen LogP contribution is 2.30. The van der Waals surface area contributed by atoms with Crippen LogP contribution in [0.5, 0.6) is 0 Å². The normalized spacial score (nSPS) is 11.3. The van der Waals surface area contributed by atoms with Gasteiger partial charge in [-0.3, -0.25) is 4.79 Å². The molecule has 0 aliphatic rings. The number of halogens is 1. The van der Waals surface area contributed by atoms with Crippen LogP contribution in [0.1, 0.15) is 28.0 Å². The van der Waals surface area contributed by atoms with Gasteiger partial charge in [0.2, 0.25) is 0 Å². The van der Waals surface area contributed by atoms with Gasteiger partial charge in [0.05, 0.1) is 27.4 Å². The number of aryl methyl sites for hydroxylation is 2. The average Bonchev–Trinajstić information content (AvgIpc) is 2.97. The highest BCUT2D eigenvalue weighted by molar-refractivity contribution is 6.38. The monoisotopic (exact) mass is 385 g/mol. The molecule has 0 unspecified atom stereocenters. The van der Waals surface area contributed by atoms with Crippen molar-refractivity contribution in [2.45, 2.75) is 20.3 Å². The third-order valence-electron chi connectivity index (χ3n) is 4.40. The molecule has 27 heavy (non-hydrogen) atoms. The summed E-state index contributed by atoms with van der Waals surface area (Å²) in [5.41, 5.74) is 3.84. The van der Waals surface area contributed by atoms with Gasteiger partial charge in [-0.1, -0.05) is 29.3 Å². The van der Waals surface area contributed by atoms with E-state index in [1.165, 1.54) is 11.8 Å². The number of carbonyl (C=O) groups is 1. The second-order valence-electron chi connectivity index (χ2n) is 6.93. The standard InChI is InChI=1S/C20H24ClN5O/c1-13-6-8-15(9-7-13)26-19-17(14(2)24-26)18(21)16(12-23-19)20(27)22-10-5-11-25(3)4/h6-9,12H,5,10-11H2,1-4H3,(H,22,27). The molecule has 142 valence electrons. The minimum absolute atomic E-state index is 0.212. The number of nitrogens with zero attached hydrogens (tertiary/aromatic N) is 4. The van der Waals surface area contributed by atoms with Crippen molar-refractivity contribution in [1.82, 2.24) is 25.0 Å². The Kier molecular flexibility index (Phi) is 5.77. The smallest absolute Gasteiger partial charge is 0.254 e. The maximum atomic E-state index is 12.5. The molecular weight excluding hydrogens is 362 g/mol. The fourth-order valence-corrected chi connectivity index (χ4v) is 3.28. The summed E-state index contributed by atoms with van der Waals surface area (Å²) in [6.07, 6.45) is 2.40. The van der Waals surface area contributed by atoms with Gasteiger partial charge in [-0.05, 0) is 53.0 Å². The molecule has 0 aliphatic heterocycles. The van der Waals surface area contributed by atoms with Crippen LogP contribution in [0, 0.1) is 13.8 Å². The van der Waals surface area contributed by atoms with Crippen molar-refractivity contribution in [2.75, 3.05) is 27.2 Å². The lowest BCUT2D eigenvalue weighted by Crippen LogP contribution is -2.27. The first-order valence-electron chi connectivity index (χ1n) is 8.92. The molecule has 1 aromatic carbocycles. The lowest BCUT2D eigenvalue weighted by atomic mass is 10.2. The molecule has 2 heterocycles. The second kappa shape index (κ2) is 8.06. The first-order valence-corrected chi connectivity index (χ1v) is 9.30. The molecule has 0 atom stereocenters. The van der Waals surface area contributed by atoms with Crippen molar-refractivity contribution in [2.24, 2.45) is 0 Å². The Bertz CT molecular complexity index is 963. The minimum Gasteiger partial charge on any atom is -0.352 e. The number of amides is 1. The van der Waals surface area contributed by atoms with E-state index in [0.29, 0.717) is 28.2 Å². The van der Waals surface area contributed by atoms with Gasteiger partial charge in [0.25, 0.3) is 5.91 Å². The van der Waals surface area contributed by atoms with E-state index in [1.54, 1.807) is 4.68 Å². The Morgan fingerprint density at radius 2 is 1.93 bits per heavy atom. The molecule has 3 rings (SSSR count). The lowest BCUT2D eigenvalue weighted by Gasteiger charge is -2.10. The fraction of sp³-hybridized carbons (Fsp3) is 0.350. The van der Waals surface area contributed by atoms with Crippen LogP contribution in [-0.4, -0.2) is 52.8 Å². The zero-order chi connectivity index (χ0) is 19.6. The zero-order valence-corrected chi connectivity index (χ0v) is 16.8. The van der Waals surface area contributed by atoms with Crippen molar-refractivity contribution in [3.63, 3.8) is 0 Å². The Labute approximate surface area is 164 Å². The second-order valence-corrected chi connectivity index (χ2v) is 7.31. The van der Waals surface area contributed by atoms with E-state index in [2.05, 4.69) is 20.3 Å². The van der Waals surface area contributed by atoms with Gasteiger partial charge in [-0.15, -0.1) is 0 Å². The highest BCUT2D eigenvalue weighted by Gasteiger charge is 2.19. The molecule has 0 saturated heterocycles. The first-order chi connectivity index (χ1) is 12.9. The van der Waals surface area contributed by atoms with Crippen molar-refractivity contribution in [3.8, 4) is 5.69 Å². The minimum atomic E-state index is -0.212. The Morgan fingerprint density at radius 1 is 1.22 bits per heavy atom. The summed E-state index contributed by atoms with van der Waals surface area (Å²) in [5, 5.41) is 8.58. The molecule has 0 bridgehead atoms. The quantitative estimate of drug-likeness (QED) is 0.661. The summed E-state index contributed by atoms with van der Waals surface area (Å²) < 4.78 is 1.76. The third kappa shape index (κ3) is 4.12. The number of aromatic nitrogens is 3. The predicted octanol–water partition coefficient (Wildman–Crippen LogP) is 3.37. The van der Waals surface area contributed by atoms with Crippen LogP contribution >= 0.6 is 11.6 Å². The summed E-state index contributed by atoms with van der Waals surface area (Å²) in [6, 6.07) is 8.02. The highest BCUT2D eigenvalue weighted by atomic mass is 35.5. The largest absolute Gasteiger partial charge is 0.352 e. The Morgan fingerprint density at radius 3 is 2.59 bits per heavy atom. The molecule has 3 aromatic rings. The SMILES string of the molecule is Cc1ccc(-n2nc(C)c3c(Cl)c(C(=O)NCCCN(C)C)cnc32)cc1. The van der Waals surface area contributed by atoms with E-state index in [9.17, 15) is 4.79 Å². The number of fused-ring (bicyclic) bond motifs is 1. The van der Waals surface area contributed by atoms with E-state index in [0.717, 1.165) is 24.3 Å². The number of carbonyl (C=O) groups excluding carboxylic acids is 1. The van der Waals surface area contributed by atoms with Crippen LogP contribution in [0.15, 0.2) is 30.5 Å². The maximum absolute atomic E-state index is 12.5. The summed E-state index contributed by atoms with van der Waals surface area (Å²) in [5.74, 6) is -0.212. The predicted molar refractivity (Wildman–Crippen MR) is 109 cm³/mol. The van der Waals surface area contributed by atoms with Gasteiger partial charge in [-0.2, -0.15) is 5.10 Å².